The fourth-order valence-electron chi connectivity index (χ4n) is 3.00. The maximum Gasteiger partial charge on any atom is 0.214 e. The third kappa shape index (κ3) is 3.37. The van der Waals surface area contributed by atoms with Crippen LogP contribution in [0.25, 0.3) is 5.69 Å². The molecular formula is C18H21N5OS. The fourth-order valence-corrected chi connectivity index (χ4v) is 3.77. The van der Waals surface area contributed by atoms with Crippen LogP contribution in [-0.4, -0.2) is 36.3 Å². The summed E-state index contributed by atoms with van der Waals surface area (Å²) in [6.45, 7) is 8.98. The normalized spacial score (nSPS) is 11.0. The van der Waals surface area contributed by atoms with Crippen LogP contribution in [0.3, 0.4) is 0 Å². The molecular weight excluding hydrogens is 334 g/mol. The van der Waals surface area contributed by atoms with Crippen molar-refractivity contribution in [2.75, 3.05) is 5.75 Å². The predicted molar refractivity (Wildman–Crippen MR) is 98.5 cm³/mol. The molecule has 3 aromatic rings. The van der Waals surface area contributed by atoms with Crippen molar-refractivity contribution in [2.24, 2.45) is 0 Å². The third-order valence-electron chi connectivity index (χ3n) is 4.31. The van der Waals surface area contributed by atoms with Gasteiger partial charge in [0.2, 0.25) is 5.16 Å². The number of aryl methyl sites for hydroxylation is 2. The number of hydrogen-bond acceptors (Lipinski definition) is 5. The largest absolute Gasteiger partial charge is 0.349 e. The lowest BCUT2D eigenvalue weighted by molar-refractivity contribution is 0.102. The van der Waals surface area contributed by atoms with E-state index in [-0.39, 0.29) is 5.78 Å². The van der Waals surface area contributed by atoms with E-state index in [0.29, 0.717) is 10.9 Å². The SMILES string of the molecule is CCn1c(C)cc(C(=O)CSc2nnnn2-c2ccccc2C)c1C. The molecule has 0 aliphatic heterocycles. The molecule has 6 nitrogen and oxygen atoms in total. The van der Waals surface area contributed by atoms with E-state index >= 15 is 0 Å². The highest BCUT2D eigenvalue weighted by molar-refractivity contribution is 7.99. The van der Waals surface area contributed by atoms with E-state index < -0.39 is 0 Å². The topological polar surface area (TPSA) is 65.6 Å². The molecule has 0 saturated carbocycles. The molecule has 0 radical (unpaired) electrons. The van der Waals surface area contributed by atoms with Gasteiger partial charge in [0, 0.05) is 23.5 Å². The number of benzene rings is 1. The second kappa shape index (κ2) is 7.23. The molecule has 0 aliphatic carbocycles. The van der Waals surface area contributed by atoms with Gasteiger partial charge in [0.05, 0.1) is 11.4 Å². The molecule has 25 heavy (non-hydrogen) atoms. The Morgan fingerprint density at radius 1 is 1.20 bits per heavy atom. The first-order valence-corrected chi connectivity index (χ1v) is 9.18. The Morgan fingerprint density at radius 3 is 2.64 bits per heavy atom. The summed E-state index contributed by atoms with van der Waals surface area (Å²) in [7, 11) is 0. The van der Waals surface area contributed by atoms with E-state index in [2.05, 4.69) is 27.0 Å². The molecule has 0 bridgehead atoms. The molecule has 0 amide bonds. The molecule has 0 N–H and O–H groups in total. The molecule has 0 atom stereocenters. The molecule has 0 unspecified atom stereocenters. The minimum atomic E-state index is 0.0946. The quantitative estimate of drug-likeness (QED) is 0.501. The Morgan fingerprint density at radius 2 is 1.96 bits per heavy atom. The van der Waals surface area contributed by atoms with Crippen molar-refractivity contribution < 1.29 is 4.79 Å². The van der Waals surface area contributed by atoms with Crippen LogP contribution in [0, 0.1) is 20.8 Å². The third-order valence-corrected chi connectivity index (χ3v) is 5.23. The summed E-state index contributed by atoms with van der Waals surface area (Å²) in [6, 6.07) is 9.86. The number of rotatable bonds is 6. The number of nitrogens with zero attached hydrogens (tertiary/aromatic N) is 5. The van der Waals surface area contributed by atoms with E-state index in [1.165, 1.54) is 11.8 Å². The summed E-state index contributed by atoms with van der Waals surface area (Å²) in [6.07, 6.45) is 0. The molecule has 2 heterocycles. The second-order valence-electron chi connectivity index (χ2n) is 5.90. The number of carbonyl (C=O) groups is 1. The Bertz CT molecular complexity index is 912. The molecule has 3 rings (SSSR count). The van der Waals surface area contributed by atoms with E-state index in [9.17, 15) is 4.79 Å². The van der Waals surface area contributed by atoms with Crippen LogP contribution >= 0.6 is 11.8 Å². The van der Waals surface area contributed by atoms with Crippen LogP contribution in [0.1, 0.15) is 34.2 Å². The molecule has 0 saturated heterocycles. The van der Waals surface area contributed by atoms with Crippen molar-refractivity contribution in [3.05, 3.63) is 52.8 Å². The van der Waals surface area contributed by atoms with Gasteiger partial charge in [0.25, 0.3) is 0 Å². The monoisotopic (exact) mass is 355 g/mol. The summed E-state index contributed by atoms with van der Waals surface area (Å²) in [5, 5.41) is 12.5. The highest BCUT2D eigenvalue weighted by Gasteiger charge is 2.17. The molecule has 2 aromatic heterocycles. The lowest BCUT2D eigenvalue weighted by atomic mass is 10.2. The van der Waals surface area contributed by atoms with Gasteiger partial charge in [-0.3, -0.25) is 4.79 Å². The summed E-state index contributed by atoms with van der Waals surface area (Å²) in [5.74, 6) is 0.400. The summed E-state index contributed by atoms with van der Waals surface area (Å²) in [4.78, 5) is 12.6. The average Bonchev–Trinajstić information content (AvgIpc) is 3.17. The van der Waals surface area contributed by atoms with Gasteiger partial charge in [-0.25, -0.2) is 0 Å². The first-order chi connectivity index (χ1) is 12.0. The van der Waals surface area contributed by atoms with Crippen molar-refractivity contribution >= 4 is 17.5 Å². The Labute approximate surface area is 151 Å². The van der Waals surface area contributed by atoms with E-state index in [1.54, 1.807) is 4.68 Å². The number of tetrazole rings is 1. The summed E-state index contributed by atoms with van der Waals surface area (Å²) >= 11 is 1.36. The Hall–Kier alpha value is -2.41. The number of thioether (sulfide) groups is 1. The number of carbonyl (C=O) groups excluding carboxylic acids is 1. The van der Waals surface area contributed by atoms with Crippen LogP contribution in [0.5, 0.6) is 0 Å². The Kier molecular flexibility index (Phi) is 5.03. The first kappa shape index (κ1) is 17.4. The number of ketones is 1. The first-order valence-electron chi connectivity index (χ1n) is 8.20. The average molecular weight is 355 g/mol. The van der Waals surface area contributed by atoms with Crippen molar-refractivity contribution in [1.29, 1.82) is 0 Å². The van der Waals surface area contributed by atoms with Crippen LogP contribution in [0.2, 0.25) is 0 Å². The zero-order valence-electron chi connectivity index (χ0n) is 14.9. The van der Waals surface area contributed by atoms with Crippen LogP contribution in [-0.2, 0) is 6.54 Å². The van der Waals surface area contributed by atoms with Crippen LogP contribution in [0.4, 0.5) is 0 Å². The molecule has 0 aliphatic rings. The van der Waals surface area contributed by atoms with Gasteiger partial charge in [-0.1, -0.05) is 30.0 Å². The van der Waals surface area contributed by atoms with Crippen molar-refractivity contribution in [3.8, 4) is 5.69 Å². The highest BCUT2D eigenvalue weighted by Crippen LogP contribution is 2.23. The molecule has 1 aromatic carbocycles. The van der Waals surface area contributed by atoms with Crippen molar-refractivity contribution in [1.82, 2.24) is 24.8 Å². The lowest BCUT2D eigenvalue weighted by Crippen LogP contribution is -2.07. The summed E-state index contributed by atoms with van der Waals surface area (Å²) in [5.41, 5.74) is 4.91. The summed E-state index contributed by atoms with van der Waals surface area (Å²) < 4.78 is 3.83. The zero-order valence-corrected chi connectivity index (χ0v) is 15.7. The van der Waals surface area contributed by atoms with E-state index in [1.807, 2.05) is 51.1 Å². The van der Waals surface area contributed by atoms with Gasteiger partial charge in [-0.05, 0) is 55.8 Å². The molecule has 7 heteroatoms. The second-order valence-corrected chi connectivity index (χ2v) is 6.84. The number of para-hydroxylation sites is 1. The molecule has 0 fully saturated rings. The van der Waals surface area contributed by atoms with Crippen molar-refractivity contribution in [3.63, 3.8) is 0 Å². The predicted octanol–water partition coefficient (Wildman–Crippen LogP) is 3.38. The smallest absolute Gasteiger partial charge is 0.214 e. The van der Waals surface area contributed by atoms with E-state index in [0.717, 1.165) is 34.7 Å². The molecule has 0 spiro atoms. The minimum Gasteiger partial charge on any atom is -0.349 e. The maximum absolute atomic E-state index is 12.6. The van der Waals surface area contributed by atoms with Gasteiger partial charge in [0.15, 0.2) is 5.78 Å². The van der Waals surface area contributed by atoms with Crippen LogP contribution in [0.15, 0.2) is 35.5 Å². The van der Waals surface area contributed by atoms with Gasteiger partial charge in [0.1, 0.15) is 0 Å². The number of Topliss-reactive ketones (excluding diaryl/α,β-unsaturated/α-hetero) is 1. The standard InChI is InChI=1S/C18H21N5OS/c1-5-22-13(3)10-15(14(22)4)17(24)11-25-18-19-20-21-23(18)16-9-7-6-8-12(16)2/h6-10H,5,11H2,1-4H3. The highest BCUT2D eigenvalue weighted by atomic mass is 32.2. The van der Waals surface area contributed by atoms with Gasteiger partial charge >= 0.3 is 0 Å². The van der Waals surface area contributed by atoms with Crippen molar-refractivity contribution in [2.45, 2.75) is 39.4 Å². The lowest BCUT2D eigenvalue weighted by Gasteiger charge is -2.07. The fraction of sp³-hybridized carbons (Fsp3) is 0.333. The van der Waals surface area contributed by atoms with Gasteiger partial charge in [-0.15, -0.1) is 5.10 Å². The zero-order chi connectivity index (χ0) is 18.0. The van der Waals surface area contributed by atoms with E-state index in [4.69, 9.17) is 0 Å². The van der Waals surface area contributed by atoms with Gasteiger partial charge < -0.3 is 4.57 Å². The molecule has 130 valence electrons. The number of aromatic nitrogens is 5. The van der Waals surface area contributed by atoms with Gasteiger partial charge in [-0.2, -0.15) is 4.68 Å². The number of hydrogen-bond donors (Lipinski definition) is 0. The van der Waals surface area contributed by atoms with Crippen LogP contribution < -0.4 is 0 Å². The maximum atomic E-state index is 12.6. The minimum absolute atomic E-state index is 0.0946. The Balaban J connectivity index is 1.78.